The lowest BCUT2D eigenvalue weighted by atomic mass is 9.84. The first-order valence-electron chi connectivity index (χ1n) is 10.4. The van der Waals surface area contributed by atoms with Crippen LogP contribution in [0, 0.1) is 34.8 Å². The molecule has 1 saturated heterocycles. The number of Topliss-reactive ketones (excluding diaryl/α,β-unsaturated/α-hetero) is 1. The number of nitrogens with two attached hydrogens (primary N) is 2. The molecule has 0 unspecified atom stereocenters. The van der Waals surface area contributed by atoms with Crippen LogP contribution in [0.4, 0.5) is 19.5 Å². The summed E-state index contributed by atoms with van der Waals surface area (Å²) in [5, 5.41) is 9.47. The predicted octanol–water partition coefficient (Wildman–Crippen LogP) is 3.41. The molecule has 1 aliphatic heterocycles. The van der Waals surface area contributed by atoms with E-state index in [-0.39, 0.29) is 51.3 Å². The monoisotopic (exact) mass is 468 g/mol. The van der Waals surface area contributed by atoms with Gasteiger partial charge >= 0.3 is 0 Å². The SMILES string of the molecule is C[C@H]1CN(c2ccncc2CC(=O)c2nc(-c3c(F)cccc3F)sc2N)C[C@@H](N)[C@H]1C#N. The van der Waals surface area contributed by atoms with Crippen molar-refractivity contribution >= 4 is 27.8 Å². The van der Waals surface area contributed by atoms with E-state index in [0.717, 1.165) is 29.2 Å². The summed E-state index contributed by atoms with van der Waals surface area (Å²) in [6.07, 6.45) is 3.18. The molecule has 0 aliphatic carbocycles. The van der Waals surface area contributed by atoms with Crippen LogP contribution in [-0.4, -0.2) is 34.9 Å². The van der Waals surface area contributed by atoms with Crippen LogP contribution < -0.4 is 16.4 Å². The highest BCUT2D eigenvalue weighted by molar-refractivity contribution is 7.19. The topological polar surface area (TPSA) is 122 Å². The molecular formula is C23H22F2N6OS. The summed E-state index contributed by atoms with van der Waals surface area (Å²) in [7, 11) is 0. The number of rotatable bonds is 5. The highest BCUT2D eigenvalue weighted by atomic mass is 32.1. The molecule has 0 spiro atoms. The minimum atomic E-state index is -0.775. The molecule has 10 heteroatoms. The molecule has 0 bridgehead atoms. The van der Waals surface area contributed by atoms with Crippen molar-refractivity contribution in [2.75, 3.05) is 23.7 Å². The number of nitrogens with zero attached hydrogens (tertiary/aromatic N) is 4. The van der Waals surface area contributed by atoms with Crippen molar-refractivity contribution in [3.8, 4) is 16.6 Å². The fourth-order valence-electron chi connectivity index (χ4n) is 4.21. The Labute approximate surface area is 193 Å². The number of nitrogen functional groups attached to an aromatic ring is 1. The second-order valence-corrected chi connectivity index (χ2v) is 9.16. The number of aromatic nitrogens is 2. The third kappa shape index (κ3) is 4.42. The number of ketones is 1. The Morgan fingerprint density at radius 2 is 2.03 bits per heavy atom. The lowest BCUT2D eigenvalue weighted by Gasteiger charge is -2.40. The second-order valence-electron chi connectivity index (χ2n) is 8.13. The van der Waals surface area contributed by atoms with Gasteiger partial charge in [-0.25, -0.2) is 13.8 Å². The summed E-state index contributed by atoms with van der Waals surface area (Å²) in [5.41, 5.74) is 13.3. The first-order valence-corrected chi connectivity index (χ1v) is 11.2. The summed E-state index contributed by atoms with van der Waals surface area (Å²) in [5.74, 6) is -2.11. The number of hydrogen-bond donors (Lipinski definition) is 2. The Morgan fingerprint density at radius 1 is 1.30 bits per heavy atom. The van der Waals surface area contributed by atoms with E-state index in [1.807, 2.05) is 6.92 Å². The van der Waals surface area contributed by atoms with Gasteiger partial charge in [-0.1, -0.05) is 24.3 Å². The number of thiazole rings is 1. The van der Waals surface area contributed by atoms with E-state index in [0.29, 0.717) is 18.7 Å². The zero-order valence-electron chi connectivity index (χ0n) is 17.8. The van der Waals surface area contributed by atoms with Crippen molar-refractivity contribution in [2.24, 2.45) is 17.6 Å². The number of nitriles is 1. The summed E-state index contributed by atoms with van der Waals surface area (Å²) in [6.45, 7) is 3.07. The molecule has 4 N–H and O–H groups in total. The van der Waals surface area contributed by atoms with E-state index in [1.165, 1.54) is 6.07 Å². The number of benzene rings is 1. The van der Waals surface area contributed by atoms with Crippen LogP contribution in [0.5, 0.6) is 0 Å². The average Bonchev–Trinajstić information content (AvgIpc) is 3.15. The molecule has 170 valence electrons. The molecule has 7 nitrogen and oxygen atoms in total. The number of pyridine rings is 1. The molecule has 33 heavy (non-hydrogen) atoms. The van der Waals surface area contributed by atoms with Gasteiger partial charge in [0, 0.05) is 49.2 Å². The smallest absolute Gasteiger partial charge is 0.188 e. The van der Waals surface area contributed by atoms with E-state index < -0.39 is 11.6 Å². The van der Waals surface area contributed by atoms with E-state index >= 15 is 0 Å². The van der Waals surface area contributed by atoms with Crippen molar-refractivity contribution < 1.29 is 13.6 Å². The van der Waals surface area contributed by atoms with E-state index in [2.05, 4.69) is 20.9 Å². The van der Waals surface area contributed by atoms with Crippen molar-refractivity contribution in [1.82, 2.24) is 9.97 Å². The van der Waals surface area contributed by atoms with Crippen molar-refractivity contribution in [1.29, 1.82) is 5.26 Å². The Kier molecular flexibility index (Phi) is 6.35. The molecular weight excluding hydrogens is 446 g/mol. The number of piperidine rings is 1. The molecule has 0 saturated carbocycles. The molecule has 1 fully saturated rings. The third-order valence-electron chi connectivity index (χ3n) is 5.83. The van der Waals surface area contributed by atoms with E-state index in [4.69, 9.17) is 11.5 Å². The minimum absolute atomic E-state index is 0.0104. The summed E-state index contributed by atoms with van der Waals surface area (Å²) < 4.78 is 28.3. The van der Waals surface area contributed by atoms with Crippen molar-refractivity contribution in [3.63, 3.8) is 0 Å². The van der Waals surface area contributed by atoms with Gasteiger partial charge in [0.15, 0.2) is 5.78 Å². The number of halogens is 2. The third-order valence-corrected chi connectivity index (χ3v) is 6.73. The predicted molar refractivity (Wildman–Crippen MR) is 123 cm³/mol. The summed E-state index contributed by atoms with van der Waals surface area (Å²) in [4.78, 5) is 23.4. The first-order chi connectivity index (χ1) is 15.8. The normalized spacial score (nSPS) is 20.5. The van der Waals surface area contributed by atoms with E-state index in [9.17, 15) is 18.8 Å². The van der Waals surface area contributed by atoms with Gasteiger partial charge in [0.1, 0.15) is 27.3 Å². The zero-order valence-corrected chi connectivity index (χ0v) is 18.6. The lowest BCUT2D eigenvalue weighted by Crippen LogP contribution is -2.52. The summed E-state index contributed by atoms with van der Waals surface area (Å²) in [6, 6.07) is 7.28. The van der Waals surface area contributed by atoms with Gasteiger partial charge in [0.25, 0.3) is 0 Å². The van der Waals surface area contributed by atoms with Crippen LogP contribution in [0.15, 0.2) is 36.7 Å². The molecule has 1 aliphatic rings. The number of anilines is 2. The standard InChI is InChI=1S/C23H22F2N6OS/c1-12-10-31(11-17(27)14(12)8-26)18-5-6-29-9-13(18)7-19(32)21-22(28)33-23(30-21)20-15(24)3-2-4-16(20)25/h2-6,9,12,14,17H,7,10-11,27-28H2,1H3/t12-,14-,17+/m0/s1. The van der Waals surface area contributed by atoms with Gasteiger partial charge in [-0.15, -0.1) is 0 Å². The van der Waals surface area contributed by atoms with E-state index in [1.54, 1.807) is 18.5 Å². The number of hydrogen-bond acceptors (Lipinski definition) is 8. The second kappa shape index (κ2) is 9.21. The Morgan fingerprint density at radius 3 is 2.70 bits per heavy atom. The molecule has 0 radical (unpaired) electrons. The highest BCUT2D eigenvalue weighted by Crippen LogP contribution is 2.35. The quantitative estimate of drug-likeness (QED) is 0.550. The van der Waals surface area contributed by atoms with Gasteiger partial charge in [0.2, 0.25) is 0 Å². The van der Waals surface area contributed by atoms with Crippen LogP contribution in [0.1, 0.15) is 23.0 Å². The maximum absolute atomic E-state index is 14.2. The zero-order chi connectivity index (χ0) is 23.7. The van der Waals surface area contributed by atoms with Crippen LogP contribution in [0.2, 0.25) is 0 Å². The van der Waals surface area contributed by atoms with Gasteiger partial charge < -0.3 is 16.4 Å². The molecule has 3 atom stereocenters. The van der Waals surface area contributed by atoms with Crippen molar-refractivity contribution in [2.45, 2.75) is 19.4 Å². The van der Waals surface area contributed by atoms with Crippen LogP contribution in [0.3, 0.4) is 0 Å². The first kappa shape index (κ1) is 22.8. The number of carbonyl (C=O) groups is 1. The molecule has 3 heterocycles. The fourth-order valence-corrected chi connectivity index (χ4v) is 5.11. The van der Waals surface area contributed by atoms with Gasteiger partial charge in [0.05, 0.1) is 17.6 Å². The highest BCUT2D eigenvalue weighted by Gasteiger charge is 2.33. The maximum Gasteiger partial charge on any atom is 0.188 e. The average molecular weight is 469 g/mol. The van der Waals surface area contributed by atoms with Gasteiger partial charge in [-0.3, -0.25) is 9.78 Å². The lowest BCUT2D eigenvalue weighted by molar-refractivity contribution is 0.0989. The Balaban J connectivity index is 1.60. The van der Waals surface area contributed by atoms with Crippen LogP contribution in [-0.2, 0) is 6.42 Å². The van der Waals surface area contributed by atoms with Gasteiger partial charge in [-0.2, -0.15) is 5.26 Å². The van der Waals surface area contributed by atoms with Gasteiger partial charge in [-0.05, 0) is 24.1 Å². The molecule has 4 rings (SSSR count). The molecule has 1 aromatic carbocycles. The summed E-state index contributed by atoms with van der Waals surface area (Å²) >= 11 is 0.863. The molecule has 0 amide bonds. The minimum Gasteiger partial charge on any atom is -0.389 e. The number of carbonyl (C=O) groups excluding carboxylic acids is 1. The van der Waals surface area contributed by atoms with Crippen molar-refractivity contribution in [3.05, 3.63) is 59.6 Å². The molecule has 2 aromatic heterocycles. The molecule has 3 aromatic rings. The Hall–Kier alpha value is -3.42. The van der Waals surface area contributed by atoms with Crippen LogP contribution >= 0.6 is 11.3 Å². The maximum atomic E-state index is 14.2. The Bertz CT molecular complexity index is 1210. The largest absolute Gasteiger partial charge is 0.389 e. The fraction of sp³-hybridized carbons (Fsp3) is 0.304. The van der Waals surface area contributed by atoms with Crippen LogP contribution in [0.25, 0.3) is 10.6 Å².